The molecule has 0 aromatic heterocycles. The smallest absolute Gasteiger partial charge is 0.123 e. The SMILES string of the molecule is OCC1(Cc2cc(F)ccc2Cl)CCOC1C1CC1. The van der Waals surface area contributed by atoms with Gasteiger partial charge in [0.1, 0.15) is 5.82 Å². The molecule has 2 nitrogen and oxygen atoms in total. The molecule has 0 spiro atoms. The summed E-state index contributed by atoms with van der Waals surface area (Å²) in [6.45, 7) is 0.746. The molecule has 0 radical (unpaired) electrons. The van der Waals surface area contributed by atoms with Gasteiger partial charge in [-0.2, -0.15) is 0 Å². The number of benzene rings is 1. The maximum Gasteiger partial charge on any atom is 0.123 e. The Labute approximate surface area is 117 Å². The number of hydrogen-bond acceptors (Lipinski definition) is 2. The van der Waals surface area contributed by atoms with Crippen LogP contribution >= 0.6 is 11.6 Å². The van der Waals surface area contributed by atoms with Gasteiger partial charge in [0.15, 0.2) is 0 Å². The minimum atomic E-state index is -0.293. The van der Waals surface area contributed by atoms with E-state index in [0.29, 0.717) is 24.0 Å². The van der Waals surface area contributed by atoms with Gasteiger partial charge < -0.3 is 9.84 Å². The van der Waals surface area contributed by atoms with Crippen molar-refractivity contribution in [1.82, 2.24) is 0 Å². The Hall–Kier alpha value is -0.640. The fourth-order valence-electron chi connectivity index (χ4n) is 3.22. The molecule has 1 aliphatic carbocycles. The molecule has 1 aromatic rings. The quantitative estimate of drug-likeness (QED) is 0.920. The number of halogens is 2. The van der Waals surface area contributed by atoms with Gasteiger partial charge in [0.25, 0.3) is 0 Å². The van der Waals surface area contributed by atoms with Gasteiger partial charge >= 0.3 is 0 Å². The van der Waals surface area contributed by atoms with Crippen LogP contribution in [0.3, 0.4) is 0 Å². The molecular formula is C15H18ClFO2. The lowest BCUT2D eigenvalue weighted by Gasteiger charge is -2.33. The van der Waals surface area contributed by atoms with E-state index in [9.17, 15) is 9.50 Å². The van der Waals surface area contributed by atoms with Crippen molar-refractivity contribution >= 4 is 11.6 Å². The molecule has 1 aromatic carbocycles. The van der Waals surface area contributed by atoms with Crippen LogP contribution in [0.2, 0.25) is 5.02 Å². The molecule has 19 heavy (non-hydrogen) atoms. The predicted octanol–water partition coefficient (Wildman–Crippen LogP) is 3.20. The van der Waals surface area contributed by atoms with Gasteiger partial charge in [-0.1, -0.05) is 11.6 Å². The molecule has 1 saturated heterocycles. The normalized spacial score (nSPS) is 30.8. The third-order valence-electron chi connectivity index (χ3n) is 4.42. The van der Waals surface area contributed by atoms with E-state index >= 15 is 0 Å². The molecule has 2 fully saturated rings. The summed E-state index contributed by atoms with van der Waals surface area (Å²) in [7, 11) is 0. The maximum absolute atomic E-state index is 13.4. The zero-order chi connectivity index (χ0) is 13.5. The molecule has 1 N–H and O–H groups in total. The second-order valence-electron chi connectivity index (χ2n) is 5.81. The standard InChI is InChI=1S/C15H18ClFO2/c16-13-4-3-12(17)7-11(13)8-15(9-18)5-6-19-14(15)10-1-2-10/h3-4,7,10,14,18H,1-2,5-6,8-9H2. The minimum absolute atomic E-state index is 0.0704. The van der Waals surface area contributed by atoms with Gasteiger partial charge in [-0.05, 0) is 55.4 Å². The second-order valence-corrected chi connectivity index (χ2v) is 6.22. The van der Waals surface area contributed by atoms with Crippen molar-refractivity contribution in [3.8, 4) is 0 Å². The first-order valence-corrected chi connectivity index (χ1v) is 7.19. The third kappa shape index (κ3) is 2.51. The molecule has 1 saturated carbocycles. The summed E-state index contributed by atoms with van der Waals surface area (Å²) in [5.74, 6) is 0.274. The molecule has 2 aliphatic rings. The Bertz CT molecular complexity index is 475. The fourth-order valence-corrected chi connectivity index (χ4v) is 3.40. The van der Waals surface area contributed by atoms with Crippen LogP contribution < -0.4 is 0 Å². The van der Waals surface area contributed by atoms with E-state index in [4.69, 9.17) is 16.3 Å². The van der Waals surface area contributed by atoms with Crippen LogP contribution in [0.25, 0.3) is 0 Å². The Kier molecular flexibility index (Phi) is 3.54. The van der Waals surface area contributed by atoms with Crippen LogP contribution in [0.4, 0.5) is 4.39 Å². The second kappa shape index (κ2) is 5.04. The lowest BCUT2D eigenvalue weighted by atomic mass is 9.75. The predicted molar refractivity (Wildman–Crippen MR) is 71.7 cm³/mol. The van der Waals surface area contributed by atoms with Crippen LogP contribution in [0.5, 0.6) is 0 Å². The number of ether oxygens (including phenoxy) is 1. The largest absolute Gasteiger partial charge is 0.396 e. The average molecular weight is 285 g/mol. The Balaban J connectivity index is 1.87. The number of rotatable bonds is 4. The van der Waals surface area contributed by atoms with Crippen LogP contribution in [0, 0.1) is 17.2 Å². The van der Waals surface area contributed by atoms with Crippen molar-refractivity contribution in [3.63, 3.8) is 0 Å². The lowest BCUT2D eigenvalue weighted by molar-refractivity contribution is 0.000567. The average Bonchev–Trinajstić information content (AvgIpc) is 3.16. The number of aliphatic hydroxyl groups excluding tert-OH is 1. The highest BCUT2D eigenvalue weighted by molar-refractivity contribution is 6.31. The molecule has 1 heterocycles. The molecular weight excluding hydrogens is 267 g/mol. The first-order valence-electron chi connectivity index (χ1n) is 6.81. The Morgan fingerprint density at radius 3 is 2.89 bits per heavy atom. The molecule has 3 rings (SSSR count). The number of aliphatic hydroxyl groups is 1. The Morgan fingerprint density at radius 1 is 1.42 bits per heavy atom. The van der Waals surface area contributed by atoms with E-state index in [1.165, 1.54) is 25.0 Å². The molecule has 2 atom stereocenters. The molecule has 104 valence electrons. The van der Waals surface area contributed by atoms with Crippen molar-refractivity contribution in [2.75, 3.05) is 13.2 Å². The molecule has 2 unspecified atom stereocenters. The number of hydrogen-bond donors (Lipinski definition) is 1. The maximum atomic E-state index is 13.4. The van der Waals surface area contributed by atoms with E-state index in [2.05, 4.69) is 0 Å². The van der Waals surface area contributed by atoms with Crippen LogP contribution in [0.1, 0.15) is 24.8 Å². The summed E-state index contributed by atoms with van der Waals surface area (Å²) in [5, 5.41) is 10.4. The van der Waals surface area contributed by atoms with E-state index in [1.807, 2.05) is 0 Å². The van der Waals surface area contributed by atoms with Gasteiger partial charge in [0, 0.05) is 17.0 Å². The fraction of sp³-hybridized carbons (Fsp3) is 0.600. The van der Waals surface area contributed by atoms with E-state index in [-0.39, 0.29) is 23.9 Å². The van der Waals surface area contributed by atoms with Crippen LogP contribution in [-0.4, -0.2) is 24.4 Å². The summed E-state index contributed by atoms with van der Waals surface area (Å²) < 4.78 is 19.2. The van der Waals surface area contributed by atoms with Gasteiger partial charge in [0.05, 0.1) is 12.7 Å². The Morgan fingerprint density at radius 2 is 2.21 bits per heavy atom. The first kappa shape index (κ1) is 13.3. The first-order chi connectivity index (χ1) is 9.14. The molecule has 0 amide bonds. The minimum Gasteiger partial charge on any atom is -0.396 e. The van der Waals surface area contributed by atoms with Gasteiger partial charge in [-0.3, -0.25) is 0 Å². The highest BCUT2D eigenvalue weighted by Gasteiger charge is 2.50. The highest BCUT2D eigenvalue weighted by atomic mass is 35.5. The topological polar surface area (TPSA) is 29.5 Å². The van der Waals surface area contributed by atoms with Crippen molar-refractivity contribution in [1.29, 1.82) is 0 Å². The van der Waals surface area contributed by atoms with Crippen LogP contribution in [-0.2, 0) is 11.2 Å². The molecule has 4 heteroatoms. The van der Waals surface area contributed by atoms with Gasteiger partial charge in [0.2, 0.25) is 0 Å². The zero-order valence-corrected chi connectivity index (χ0v) is 11.5. The molecule has 0 bridgehead atoms. The van der Waals surface area contributed by atoms with E-state index in [0.717, 1.165) is 12.0 Å². The highest BCUT2D eigenvalue weighted by Crippen LogP contribution is 2.49. The molecule has 1 aliphatic heterocycles. The summed E-state index contributed by atoms with van der Waals surface area (Å²) in [6, 6.07) is 4.42. The monoisotopic (exact) mass is 284 g/mol. The van der Waals surface area contributed by atoms with Gasteiger partial charge in [-0.25, -0.2) is 4.39 Å². The van der Waals surface area contributed by atoms with Crippen LogP contribution in [0.15, 0.2) is 18.2 Å². The van der Waals surface area contributed by atoms with E-state index in [1.54, 1.807) is 6.07 Å². The van der Waals surface area contributed by atoms with Crippen molar-refractivity contribution in [2.45, 2.75) is 31.8 Å². The summed E-state index contributed by atoms with van der Waals surface area (Å²) in [4.78, 5) is 0. The summed E-state index contributed by atoms with van der Waals surface area (Å²) in [5.41, 5.74) is 0.477. The van der Waals surface area contributed by atoms with Crippen molar-refractivity contribution < 1.29 is 14.2 Å². The summed E-state index contributed by atoms with van der Waals surface area (Å²) >= 11 is 6.15. The van der Waals surface area contributed by atoms with Crippen molar-refractivity contribution in [2.24, 2.45) is 11.3 Å². The summed E-state index contributed by atoms with van der Waals surface area (Å²) in [6.07, 6.45) is 3.84. The third-order valence-corrected chi connectivity index (χ3v) is 4.78. The lowest BCUT2D eigenvalue weighted by Crippen LogP contribution is -2.38. The van der Waals surface area contributed by atoms with E-state index < -0.39 is 0 Å². The zero-order valence-electron chi connectivity index (χ0n) is 10.7. The van der Waals surface area contributed by atoms with Crippen molar-refractivity contribution in [3.05, 3.63) is 34.6 Å². The van der Waals surface area contributed by atoms with Gasteiger partial charge in [-0.15, -0.1) is 0 Å².